The minimum atomic E-state index is -1.06. The predicted octanol–water partition coefficient (Wildman–Crippen LogP) is 3.32. The number of carbonyl (C=O) groups is 1. The molecule has 3 aromatic rings. The van der Waals surface area contributed by atoms with Crippen molar-refractivity contribution < 1.29 is 20.1 Å². The van der Waals surface area contributed by atoms with Gasteiger partial charge in [-0.15, -0.1) is 0 Å². The lowest BCUT2D eigenvalue weighted by atomic mass is 10.0. The maximum Gasteiger partial charge on any atom is 0.336 e. The molecule has 3 rings (SSSR count). The molecule has 0 spiro atoms. The number of carboxylic acid groups (broad SMARTS) is 1. The Bertz CT molecular complexity index is 903. The van der Waals surface area contributed by atoms with Crippen molar-refractivity contribution in [1.29, 1.82) is 0 Å². The first-order chi connectivity index (χ1) is 10.5. The van der Waals surface area contributed by atoms with Gasteiger partial charge in [-0.2, -0.15) is 0 Å². The minimum Gasteiger partial charge on any atom is -0.508 e. The molecule has 0 atom stereocenters. The summed E-state index contributed by atoms with van der Waals surface area (Å²) in [5.74, 6) is -1.29. The fraction of sp³-hybridized carbons (Fsp3) is 0.0588. The Morgan fingerprint density at radius 3 is 2.50 bits per heavy atom. The molecule has 1 aromatic heterocycles. The number of phenolic OH excluding ortho intramolecular Hbond substituents is 2. The van der Waals surface area contributed by atoms with Crippen LogP contribution >= 0.6 is 0 Å². The third kappa shape index (κ3) is 2.33. The zero-order valence-electron chi connectivity index (χ0n) is 11.7. The summed E-state index contributed by atoms with van der Waals surface area (Å²) >= 11 is 0. The lowest BCUT2D eigenvalue weighted by Crippen LogP contribution is -2.00. The van der Waals surface area contributed by atoms with Gasteiger partial charge in [-0.1, -0.05) is 11.6 Å². The average molecular weight is 295 g/mol. The second-order valence-electron chi connectivity index (χ2n) is 5.08. The maximum absolute atomic E-state index is 11.5. The highest BCUT2D eigenvalue weighted by atomic mass is 16.4. The maximum atomic E-state index is 11.5. The molecular weight excluding hydrogens is 282 g/mol. The highest BCUT2D eigenvalue weighted by Gasteiger charge is 2.15. The van der Waals surface area contributed by atoms with E-state index in [0.29, 0.717) is 22.2 Å². The summed E-state index contributed by atoms with van der Waals surface area (Å²) in [7, 11) is 0. The number of carboxylic acids is 1. The Labute approximate surface area is 126 Å². The minimum absolute atomic E-state index is 0.0730. The van der Waals surface area contributed by atoms with E-state index < -0.39 is 5.97 Å². The Kier molecular flexibility index (Phi) is 3.18. The van der Waals surface area contributed by atoms with Gasteiger partial charge < -0.3 is 15.3 Å². The molecular formula is C17H13NO4. The number of aromatic carboxylic acids is 1. The summed E-state index contributed by atoms with van der Waals surface area (Å²) in [6.45, 7) is 1.88. The van der Waals surface area contributed by atoms with E-state index in [1.807, 2.05) is 13.0 Å². The van der Waals surface area contributed by atoms with Crippen LogP contribution in [0.3, 0.4) is 0 Å². The van der Waals surface area contributed by atoms with Gasteiger partial charge in [0.1, 0.15) is 11.5 Å². The average Bonchev–Trinajstić information content (AvgIpc) is 2.46. The van der Waals surface area contributed by atoms with Gasteiger partial charge in [-0.25, -0.2) is 9.78 Å². The van der Waals surface area contributed by atoms with E-state index in [1.165, 1.54) is 24.3 Å². The van der Waals surface area contributed by atoms with E-state index in [1.54, 1.807) is 12.1 Å². The van der Waals surface area contributed by atoms with Crippen LogP contribution in [0.5, 0.6) is 11.5 Å². The molecule has 2 aromatic carbocycles. The van der Waals surface area contributed by atoms with Gasteiger partial charge in [0.05, 0.1) is 16.8 Å². The molecule has 0 bridgehead atoms. The van der Waals surface area contributed by atoms with E-state index in [9.17, 15) is 20.1 Å². The van der Waals surface area contributed by atoms with E-state index >= 15 is 0 Å². The number of pyridine rings is 1. The molecule has 0 saturated carbocycles. The number of hydrogen-bond acceptors (Lipinski definition) is 4. The standard InChI is InChI=1S/C17H13NO4/c1-9-2-5-14-12(6-9)13(17(21)22)8-15(18-14)11-4-3-10(19)7-16(11)20/h2-8,19-20H,1H3,(H,21,22). The Morgan fingerprint density at radius 1 is 1.05 bits per heavy atom. The third-order valence-corrected chi connectivity index (χ3v) is 3.45. The fourth-order valence-electron chi connectivity index (χ4n) is 2.39. The summed E-state index contributed by atoms with van der Waals surface area (Å²) in [5.41, 5.74) is 2.30. The lowest BCUT2D eigenvalue weighted by Gasteiger charge is -2.09. The zero-order chi connectivity index (χ0) is 15.9. The normalized spacial score (nSPS) is 10.8. The SMILES string of the molecule is Cc1ccc2nc(-c3ccc(O)cc3O)cc(C(=O)O)c2c1. The Hall–Kier alpha value is -3.08. The van der Waals surface area contributed by atoms with Crippen LogP contribution in [0.25, 0.3) is 22.2 Å². The van der Waals surface area contributed by atoms with Gasteiger partial charge in [-0.05, 0) is 37.3 Å². The molecule has 0 aliphatic carbocycles. The zero-order valence-corrected chi connectivity index (χ0v) is 11.7. The summed E-state index contributed by atoms with van der Waals surface area (Å²) in [5, 5.41) is 29.3. The van der Waals surface area contributed by atoms with E-state index in [0.717, 1.165) is 5.56 Å². The molecule has 5 nitrogen and oxygen atoms in total. The topological polar surface area (TPSA) is 90.7 Å². The van der Waals surface area contributed by atoms with Crippen LogP contribution in [-0.4, -0.2) is 26.3 Å². The van der Waals surface area contributed by atoms with Crippen molar-refractivity contribution in [1.82, 2.24) is 4.98 Å². The van der Waals surface area contributed by atoms with Crippen molar-refractivity contribution >= 4 is 16.9 Å². The molecule has 0 fully saturated rings. The second-order valence-corrected chi connectivity index (χ2v) is 5.08. The molecule has 0 radical (unpaired) electrons. The molecule has 22 heavy (non-hydrogen) atoms. The van der Waals surface area contributed by atoms with E-state index in [-0.39, 0.29) is 17.1 Å². The Balaban J connectivity index is 2.32. The molecule has 5 heteroatoms. The van der Waals surface area contributed by atoms with Crippen LogP contribution in [0, 0.1) is 6.92 Å². The highest BCUT2D eigenvalue weighted by Crippen LogP contribution is 2.33. The van der Waals surface area contributed by atoms with Crippen molar-refractivity contribution in [2.24, 2.45) is 0 Å². The molecule has 0 saturated heterocycles. The number of benzene rings is 2. The second kappa shape index (κ2) is 5.04. The first kappa shape index (κ1) is 13.9. The predicted molar refractivity (Wildman–Crippen MR) is 82.2 cm³/mol. The lowest BCUT2D eigenvalue weighted by molar-refractivity contribution is 0.0699. The number of hydrogen-bond donors (Lipinski definition) is 3. The van der Waals surface area contributed by atoms with Crippen molar-refractivity contribution in [3.63, 3.8) is 0 Å². The highest BCUT2D eigenvalue weighted by molar-refractivity contribution is 6.04. The van der Waals surface area contributed by atoms with Crippen LogP contribution in [0.2, 0.25) is 0 Å². The molecule has 3 N–H and O–H groups in total. The van der Waals surface area contributed by atoms with Crippen LogP contribution in [-0.2, 0) is 0 Å². The van der Waals surface area contributed by atoms with Crippen LogP contribution in [0.15, 0.2) is 42.5 Å². The van der Waals surface area contributed by atoms with Gasteiger partial charge in [-0.3, -0.25) is 0 Å². The number of nitrogens with zero attached hydrogens (tertiary/aromatic N) is 1. The molecule has 0 amide bonds. The molecule has 110 valence electrons. The van der Waals surface area contributed by atoms with Gasteiger partial charge >= 0.3 is 5.97 Å². The summed E-state index contributed by atoms with van der Waals surface area (Å²) < 4.78 is 0. The molecule has 0 aliphatic rings. The number of rotatable bonds is 2. The van der Waals surface area contributed by atoms with E-state index in [4.69, 9.17) is 0 Å². The smallest absolute Gasteiger partial charge is 0.336 e. The van der Waals surface area contributed by atoms with Gasteiger partial charge in [0.25, 0.3) is 0 Å². The van der Waals surface area contributed by atoms with Crippen molar-refractivity contribution in [2.45, 2.75) is 6.92 Å². The number of aryl methyl sites for hydroxylation is 1. The summed E-state index contributed by atoms with van der Waals surface area (Å²) in [6, 6.07) is 10.9. The van der Waals surface area contributed by atoms with Crippen LogP contribution in [0.4, 0.5) is 0 Å². The monoisotopic (exact) mass is 295 g/mol. The van der Waals surface area contributed by atoms with Gasteiger partial charge in [0.2, 0.25) is 0 Å². The van der Waals surface area contributed by atoms with Crippen LogP contribution < -0.4 is 0 Å². The Morgan fingerprint density at radius 2 is 1.82 bits per heavy atom. The van der Waals surface area contributed by atoms with E-state index in [2.05, 4.69) is 4.98 Å². The number of phenols is 2. The van der Waals surface area contributed by atoms with Crippen LogP contribution in [0.1, 0.15) is 15.9 Å². The fourth-order valence-corrected chi connectivity index (χ4v) is 2.39. The quantitative estimate of drug-likeness (QED) is 0.674. The van der Waals surface area contributed by atoms with Gasteiger partial charge in [0.15, 0.2) is 0 Å². The molecule has 0 unspecified atom stereocenters. The largest absolute Gasteiger partial charge is 0.508 e. The first-order valence-corrected chi connectivity index (χ1v) is 6.63. The first-order valence-electron chi connectivity index (χ1n) is 6.63. The van der Waals surface area contributed by atoms with Crippen molar-refractivity contribution in [2.75, 3.05) is 0 Å². The third-order valence-electron chi connectivity index (χ3n) is 3.45. The number of aromatic hydroxyl groups is 2. The van der Waals surface area contributed by atoms with Crippen molar-refractivity contribution in [3.05, 3.63) is 53.6 Å². The molecule has 1 heterocycles. The number of fused-ring (bicyclic) bond motifs is 1. The summed E-state index contributed by atoms with van der Waals surface area (Å²) in [4.78, 5) is 15.9. The summed E-state index contributed by atoms with van der Waals surface area (Å²) in [6.07, 6.45) is 0. The molecule has 0 aliphatic heterocycles. The number of aromatic nitrogens is 1. The van der Waals surface area contributed by atoms with Crippen molar-refractivity contribution in [3.8, 4) is 22.8 Å². The van der Waals surface area contributed by atoms with Gasteiger partial charge in [0, 0.05) is 17.0 Å².